The number of nitrogens with one attached hydrogen (secondary N) is 2. The van der Waals surface area contributed by atoms with E-state index in [0.29, 0.717) is 5.82 Å². The van der Waals surface area contributed by atoms with Crippen molar-refractivity contribution in [3.05, 3.63) is 72.4 Å². The zero-order chi connectivity index (χ0) is 16.4. The summed E-state index contributed by atoms with van der Waals surface area (Å²) < 4.78 is 5.22. The Bertz CT molecular complexity index is 1010. The number of amides is 1. The van der Waals surface area contributed by atoms with Gasteiger partial charge < -0.3 is 9.72 Å². The predicted octanol–water partition coefficient (Wildman–Crippen LogP) is 4.46. The van der Waals surface area contributed by atoms with Crippen LogP contribution in [0.4, 0.5) is 10.6 Å². The molecule has 24 heavy (non-hydrogen) atoms. The van der Waals surface area contributed by atoms with Crippen LogP contribution in [-0.4, -0.2) is 16.1 Å². The first-order chi connectivity index (χ1) is 11.8. The van der Waals surface area contributed by atoms with Crippen molar-refractivity contribution in [1.29, 1.82) is 0 Å². The number of H-pyrrole nitrogens is 1. The maximum Gasteiger partial charge on any atom is 0.413 e. The minimum atomic E-state index is -0.523. The smallest absolute Gasteiger partial charge is 0.413 e. The topological polar surface area (TPSA) is 67.0 Å². The minimum absolute atomic E-state index is 0.224. The molecule has 2 aromatic heterocycles. The number of aromatic nitrogens is 2. The number of aromatic amines is 1. The lowest BCUT2D eigenvalue weighted by atomic mass is 10.2. The standard InChI is InChI=1S/C19H15N3O2/c23-19(24-12-13-6-2-1-3-7-13)22-18-10-15-14-8-4-5-9-16(14)21-17(15)11-20-18/h1-11,21H,12H2,(H,20,22,23). The van der Waals surface area contributed by atoms with Crippen molar-refractivity contribution in [2.45, 2.75) is 6.61 Å². The number of nitrogens with zero attached hydrogens (tertiary/aromatic N) is 1. The molecule has 4 aromatic rings. The Morgan fingerprint density at radius 3 is 2.67 bits per heavy atom. The highest BCUT2D eigenvalue weighted by Gasteiger charge is 2.08. The molecule has 0 atom stereocenters. The molecule has 0 unspecified atom stereocenters. The Kier molecular flexibility index (Phi) is 3.59. The highest BCUT2D eigenvalue weighted by atomic mass is 16.5. The number of para-hydroxylation sites is 1. The van der Waals surface area contributed by atoms with Crippen LogP contribution in [0.15, 0.2) is 66.9 Å². The maximum absolute atomic E-state index is 11.9. The number of ether oxygens (including phenoxy) is 1. The Balaban J connectivity index is 1.51. The summed E-state index contributed by atoms with van der Waals surface area (Å²) in [5, 5.41) is 4.78. The van der Waals surface area contributed by atoms with Gasteiger partial charge in [0.05, 0.1) is 11.7 Å². The van der Waals surface area contributed by atoms with Crippen LogP contribution in [-0.2, 0) is 11.3 Å². The lowest BCUT2D eigenvalue weighted by molar-refractivity contribution is 0.155. The molecule has 118 valence electrons. The van der Waals surface area contributed by atoms with Crippen LogP contribution >= 0.6 is 0 Å². The van der Waals surface area contributed by atoms with Crippen molar-refractivity contribution in [2.75, 3.05) is 5.32 Å². The summed E-state index contributed by atoms with van der Waals surface area (Å²) in [7, 11) is 0. The summed E-state index contributed by atoms with van der Waals surface area (Å²) in [4.78, 5) is 19.5. The molecule has 0 radical (unpaired) electrons. The SMILES string of the molecule is O=C(Nc1cc2c(cn1)[nH]c1ccccc12)OCc1ccccc1. The third-order valence-electron chi connectivity index (χ3n) is 3.83. The average Bonchev–Trinajstić information content (AvgIpc) is 2.99. The van der Waals surface area contributed by atoms with Gasteiger partial charge in [-0.05, 0) is 17.7 Å². The molecule has 0 aliphatic carbocycles. The number of hydrogen-bond acceptors (Lipinski definition) is 3. The first-order valence-electron chi connectivity index (χ1n) is 7.64. The number of rotatable bonds is 3. The van der Waals surface area contributed by atoms with Crippen molar-refractivity contribution in [2.24, 2.45) is 0 Å². The summed E-state index contributed by atoms with van der Waals surface area (Å²) in [6.07, 6.45) is 1.19. The number of pyridine rings is 1. The Morgan fingerprint density at radius 1 is 1.00 bits per heavy atom. The normalized spacial score (nSPS) is 10.8. The van der Waals surface area contributed by atoms with Crippen molar-refractivity contribution < 1.29 is 9.53 Å². The molecular weight excluding hydrogens is 302 g/mol. The molecule has 0 saturated heterocycles. The molecule has 4 rings (SSSR count). The number of carbonyl (C=O) groups excluding carboxylic acids is 1. The zero-order valence-electron chi connectivity index (χ0n) is 12.8. The zero-order valence-corrected chi connectivity index (χ0v) is 12.8. The van der Waals surface area contributed by atoms with E-state index in [2.05, 4.69) is 15.3 Å². The monoisotopic (exact) mass is 317 g/mol. The summed E-state index contributed by atoms with van der Waals surface area (Å²) in [6, 6.07) is 19.4. The minimum Gasteiger partial charge on any atom is -0.444 e. The molecule has 0 saturated carbocycles. The van der Waals surface area contributed by atoms with Crippen LogP contribution in [0.5, 0.6) is 0 Å². The van der Waals surface area contributed by atoms with Gasteiger partial charge in [0.2, 0.25) is 0 Å². The summed E-state index contributed by atoms with van der Waals surface area (Å²) in [5.74, 6) is 0.463. The van der Waals surface area contributed by atoms with E-state index in [4.69, 9.17) is 4.74 Å². The fraction of sp³-hybridized carbons (Fsp3) is 0.0526. The van der Waals surface area contributed by atoms with E-state index in [0.717, 1.165) is 27.4 Å². The third-order valence-corrected chi connectivity index (χ3v) is 3.83. The van der Waals surface area contributed by atoms with Gasteiger partial charge in [-0.1, -0.05) is 48.5 Å². The quantitative estimate of drug-likeness (QED) is 0.586. The van der Waals surface area contributed by atoms with E-state index >= 15 is 0 Å². The van der Waals surface area contributed by atoms with E-state index in [-0.39, 0.29) is 6.61 Å². The third kappa shape index (κ3) is 2.79. The molecule has 5 nitrogen and oxygen atoms in total. The van der Waals surface area contributed by atoms with Crippen molar-refractivity contribution >= 4 is 33.7 Å². The highest BCUT2D eigenvalue weighted by molar-refractivity contribution is 6.08. The van der Waals surface area contributed by atoms with Crippen LogP contribution in [0, 0.1) is 0 Å². The lowest BCUT2D eigenvalue weighted by Crippen LogP contribution is -2.14. The first kappa shape index (κ1) is 14.3. The highest BCUT2D eigenvalue weighted by Crippen LogP contribution is 2.26. The molecule has 0 aliphatic rings. The lowest BCUT2D eigenvalue weighted by Gasteiger charge is -2.06. The fourth-order valence-electron chi connectivity index (χ4n) is 2.68. The largest absolute Gasteiger partial charge is 0.444 e. The van der Waals surface area contributed by atoms with E-state index < -0.39 is 6.09 Å². The summed E-state index contributed by atoms with van der Waals surface area (Å²) >= 11 is 0. The van der Waals surface area contributed by atoms with Gasteiger partial charge in [-0.2, -0.15) is 0 Å². The van der Waals surface area contributed by atoms with Crippen molar-refractivity contribution in [3.63, 3.8) is 0 Å². The maximum atomic E-state index is 11.9. The van der Waals surface area contributed by atoms with Crippen LogP contribution in [0.1, 0.15) is 5.56 Å². The van der Waals surface area contributed by atoms with Crippen molar-refractivity contribution in [1.82, 2.24) is 9.97 Å². The van der Waals surface area contributed by atoms with E-state index in [9.17, 15) is 4.79 Å². The number of hydrogen-bond donors (Lipinski definition) is 2. The molecule has 0 spiro atoms. The number of carbonyl (C=O) groups is 1. The van der Waals surface area contributed by atoms with Gasteiger partial charge in [-0.3, -0.25) is 5.32 Å². The molecular formula is C19H15N3O2. The van der Waals surface area contributed by atoms with Gasteiger partial charge in [0.15, 0.2) is 0 Å². The second-order valence-electron chi connectivity index (χ2n) is 5.47. The molecule has 5 heteroatoms. The molecule has 2 N–H and O–H groups in total. The number of anilines is 1. The molecule has 0 fully saturated rings. The Hall–Kier alpha value is -3.34. The van der Waals surface area contributed by atoms with Gasteiger partial charge in [0, 0.05) is 16.3 Å². The second kappa shape index (κ2) is 6.04. The van der Waals surface area contributed by atoms with Gasteiger partial charge in [0.25, 0.3) is 0 Å². The predicted molar refractivity (Wildman–Crippen MR) is 93.8 cm³/mol. The van der Waals surface area contributed by atoms with Gasteiger partial charge >= 0.3 is 6.09 Å². The molecule has 0 bridgehead atoms. The average molecular weight is 317 g/mol. The van der Waals surface area contributed by atoms with Crippen LogP contribution in [0.25, 0.3) is 21.8 Å². The van der Waals surface area contributed by atoms with Gasteiger partial charge in [-0.25, -0.2) is 9.78 Å². The van der Waals surface area contributed by atoms with E-state index in [1.165, 1.54) is 0 Å². The first-order valence-corrected chi connectivity index (χ1v) is 7.64. The number of fused-ring (bicyclic) bond motifs is 3. The Labute approximate surface area is 138 Å². The molecule has 0 aliphatic heterocycles. The van der Waals surface area contributed by atoms with Crippen LogP contribution < -0.4 is 5.32 Å². The summed E-state index contributed by atoms with van der Waals surface area (Å²) in [6.45, 7) is 0.224. The second-order valence-corrected chi connectivity index (χ2v) is 5.47. The van der Waals surface area contributed by atoms with E-state index in [1.807, 2.05) is 60.7 Å². The molecule has 2 aromatic carbocycles. The van der Waals surface area contributed by atoms with E-state index in [1.54, 1.807) is 6.20 Å². The summed E-state index contributed by atoms with van der Waals surface area (Å²) in [5.41, 5.74) is 2.91. The van der Waals surface area contributed by atoms with Gasteiger partial charge in [0.1, 0.15) is 12.4 Å². The fourth-order valence-corrected chi connectivity index (χ4v) is 2.68. The Morgan fingerprint density at radius 2 is 1.79 bits per heavy atom. The van der Waals surface area contributed by atoms with Crippen LogP contribution in [0.2, 0.25) is 0 Å². The van der Waals surface area contributed by atoms with Crippen molar-refractivity contribution in [3.8, 4) is 0 Å². The van der Waals surface area contributed by atoms with Crippen LogP contribution in [0.3, 0.4) is 0 Å². The molecule has 2 heterocycles. The van der Waals surface area contributed by atoms with Gasteiger partial charge in [-0.15, -0.1) is 0 Å². The molecule has 1 amide bonds. The number of benzene rings is 2.